The van der Waals surface area contributed by atoms with Crippen molar-refractivity contribution < 1.29 is 4.39 Å². The third-order valence-electron chi connectivity index (χ3n) is 3.94. The molecule has 0 atom stereocenters. The van der Waals surface area contributed by atoms with Crippen molar-refractivity contribution in [1.82, 2.24) is 4.57 Å². The normalized spacial score (nSPS) is 21.3. The number of hydrogen-bond donors (Lipinski definition) is 1. The van der Waals surface area contributed by atoms with Crippen molar-refractivity contribution in [2.24, 2.45) is 7.05 Å². The van der Waals surface area contributed by atoms with Gasteiger partial charge in [-0.05, 0) is 42.5 Å². The van der Waals surface area contributed by atoms with Gasteiger partial charge < -0.3 is 9.88 Å². The summed E-state index contributed by atoms with van der Waals surface area (Å²) < 4.78 is 14.4. The molecule has 104 valence electrons. The van der Waals surface area contributed by atoms with Gasteiger partial charge in [0, 0.05) is 25.4 Å². The van der Waals surface area contributed by atoms with E-state index in [1.807, 2.05) is 24.4 Å². The molecule has 1 heterocycles. The first-order valence-corrected chi connectivity index (χ1v) is 6.80. The van der Waals surface area contributed by atoms with Crippen molar-refractivity contribution in [2.45, 2.75) is 24.8 Å². The minimum Gasteiger partial charge on any atom is -0.381 e. The van der Waals surface area contributed by atoms with E-state index in [1.165, 1.54) is 17.7 Å². The number of rotatable bonds is 3. The van der Waals surface area contributed by atoms with Gasteiger partial charge >= 0.3 is 0 Å². The predicted molar refractivity (Wildman–Crippen MR) is 77.5 cm³/mol. The van der Waals surface area contributed by atoms with Gasteiger partial charge in [0.25, 0.3) is 0 Å². The van der Waals surface area contributed by atoms with Crippen LogP contribution in [0.3, 0.4) is 0 Å². The molecule has 0 amide bonds. The van der Waals surface area contributed by atoms with Gasteiger partial charge in [0.2, 0.25) is 5.56 Å². The van der Waals surface area contributed by atoms with Crippen LogP contribution in [-0.2, 0) is 7.05 Å². The highest BCUT2D eigenvalue weighted by Crippen LogP contribution is 2.38. The molecule has 0 aliphatic heterocycles. The molecular formula is C16H17FN2O. The predicted octanol–water partition coefficient (Wildman–Crippen LogP) is 2.88. The van der Waals surface area contributed by atoms with E-state index in [4.69, 9.17) is 0 Å². The molecule has 0 unspecified atom stereocenters. The summed E-state index contributed by atoms with van der Waals surface area (Å²) in [6.45, 7) is 0. The van der Waals surface area contributed by atoms with E-state index in [2.05, 4.69) is 5.32 Å². The lowest BCUT2D eigenvalue weighted by Gasteiger charge is -2.37. The second-order valence-corrected chi connectivity index (χ2v) is 5.43. The Balaban J connectivity index is 1.59. The topological polar surface area (TPSA) is 34.0 Å². The maximum absolute atomic E-state index is 12.9. The maximum Gasteiger partial charge on any atom is 0.250 e. The number of anilines is 1. The fourth-order valence-corrected chi connectivity index (χ4v) is 2.66. The van der Waals surface area contributed by atoms with Gasteiger partial charge in [0.15, 0.2) is 0 Å². The highest BCUT2D eigenvalue weighted by Gasteiger charge is 2.30. The van der Waals surface area contributed by atoms with Crippen molar-refractivity contribution >= 4 is 5.69 Å². The minimum atomic E-state index is -0.187. The standard InChI is InChI=1S/C16H17FN2O/c1-19-10-14(6-7-16(19)20)18-15-8-12(9-15)11-2-4-13(17)5-3-11/h2-7,10,12,15,18H,8-9H2,1H3. The lowest BCUT2D eigenvalue weighted by atomic mass is 9.76. The number of aromatic nitrogens is 1. The number of nitrogens with zero attached hydrogens (tertiary/aromatic N) is 1. The molecule has 0 spiro atoms. The molecule has 0 bridgehead atoms. The van der Waals surface area contributed by atoms with Crippen molar-refractivity contribution in [3.8, 4) is 0 Å². The Morgan fingerprint density at radius 3 is 2.50 bits per heavy atom. The third kappa shape index (κ3) is 2.59. The SMILES string of the molecule is Cn1cc(NC2CC(c3ccc(F)cc3)C2)ccc1=O. The van der Waals surface area contributed by atoms with Crippen LogP contribution in [-0.4, -0.2) is 10.6 Å². The van der Waals surface area contributed by atoms with E-state index in [0.717, 1.165) is 18.5 Å². The largest absolute Gasteiger partial charge is 0.381 e. The van der Waals surface area contributed by atoms with Gasteiger partial charge in [-0.2, -0.15) is 0 Å². The van der Waals surface area contributed by atoms with E-state index < -0.39 is 0 Å². The number of pyridine rings is 1. The van der Waals surface area contributed by atoms with Gasteiger partial charge in [0.1, 0.15) is 5.82 Å². The highest BCUT2D eigenvalue weighted by molar-refractivity contribution is 5.42. The van der Waals surface area contributed by atoms with Crippen LogP contribution in [0.25, 0.3) is 0 Å². The fraction of sp³-hybridized carbons (Fsp3) is 0.312. The second kappa shape index (κ2) is 5.12. The summed E-state index contributed by atoms with van der Waals surface area (Å²) in [5, 5.41) is 3.42. The van der Waals surface area contributed by atoms with Gasteiger partial charge in [-0.25, -0.2) is 4.39 Å². The van der Waals surface area contributed by atoms with Gasteiger partial charge in [-0.3, -0.25) is 4.79 Å². The van der Waals surface area contributed by atoms with Crippen molar-refractivity contribution in [2.75, 3.05) is 5.32 Å². The molecule has 1 aliphatic carbocycles. The molecular weight excluding hydrogens is 255 g/mol. The summed E-state index contributed by atoms with van der Waals surface area (Å²) in [4.78, 5) is 11.3. The van der Waals surface area contributed by atoms with E-state index in [-0.39, 0.29) is 11.4 Å². The first-order chi connectivity index (χ1) is 9.61. The molecule has 0 radical (unpaired) electrons. The number of benzene rings is 1. The second-order valence-electron chi connectivity index (χ2n) is 5.43. The van der Waals surface area contributed by atoms with E-state index >= 15 is 0 Å². The van der Waals surface area contributed by atoms with E-state index in [9.17, 15) is 9.18 Å². The third-order valence-corrected chi connectivity index (χ3v) is 3.94. The van der Waals surface area contributed by atoms with Crippen LogP contribution in [0.4, 0.5) is 10.1 Å². The molecule has 1 aliphatic rings. The van der Waals surface area contributed by atoms with Crippen LogP contribution < -0.4 is 10.9 Å². The molecule has 0 saturated heterocycles. The van der Waals surface area contributed by atoms with Crippen LogP contribution in [0, 0.1) is 5.82 Å². The number of halogens is 1. The molecule has 20 heavy (non-hydrogen) atoms. The molecule has 1 fully saturated rings. The van der Waals surface area contributed by atoms with Gasteiger partial charge in [0.05, 0.1) is 5.69 Å². The zero-order valence-electron chi connectivity index (χ0n) is 11.3. The Morgan fingerprint density at radius 1 is 1.15 bits per heavy atom. The van der Waals surface area contributed by atoms with Gasteiger partial charge in [-0.15, -0.1) is 0 Å². The monoisotopic (exact) mass is 272 g/mol. The van der Waals surface area contributed by atoms with E-state index in [0.29, 0.717) is 12.0 Å². The summed E-state index contributed by atoms with van der Waals surface area (Å²) >= 11 is 0. The first kappa shape index (κ1) is 12.9. The molecule has 1 N–H and O–H groups in total. The zero-order chi connectivity index (χ0) is 14.1. The average molecular weight is 272 g/mol. The van der Waals surface area contributed by atoms with Crippen LogP contribution in [0.15, 0.2) is 47.4 Å². The van der Waals surface area contributed by atoms with Crippen LogP contribution in [0.1, 0.15) is 24.3 Å². The summed E-state index contributed by atoms with van der Waals surface area (Å²) in [7, 11) is 1.75. The Hall–Kier alpha value is -2.10. The fourth-order valence-electron chi connectivity index (χ4n) is 2.66. The quantitative estimate of drug-likeness (QED) is 0.932. The maximum atomic E-state index is 12.9. The lowest BCUT2D eigenvalue weighted by molar-refractivity contribution is 0.373. The molecule has 3 nitrogen and oxygen atoms in total. The van der Waals surface area contributed by atoms with E-state index in [1.54, 1.807) is 17.7 Å². The van der Waals surface area contributed by atoms with Crippen molar-refractivity contribution in [1.29, 1.82) is 0 Å². The lowest BCUT2D eigenvalue weighted by Crippen LogP contribution is -2.34. The number of nitrogens with one attached hydrogen (secondary N) is 1. The molecule has 1 saturated carbocycles. The smallest absolute Gasteiger partial charge is 0.250 e. The van der Waals surface area contributed by atoms with Gasteiger partial charge in [-0.1, -0.05) is 12.1 Å². The minimum absolute atomic E-state index is 0.00616. The Bertz CT molecular complexity index is 657. The molecule has 1 aromatic carbocycles. The summed E-state index contributed by atoms with van der Waals surface area (Å²) in [6.07, 6.45) is 3.89. The summed E-state index contributed by atoms with van der Waals surface area (Å²) in [6, 6.07) is 10.6. The molecule has 3 rings (SSSR count). The number of aryl methyl sites for hydroxylation is 1. The molecule has 4 heteroatoms. The Kier molecular flexibility index (Phi) is 3.30. The van der Waals surface area contributed by atoms with Crippen molar-refractivity contribution in [3.63, 3.8) is 0 Å². The average Bonchev–Trinajstić information content (AvgIpc) is 2.39. The first-order valence-electron chi connectivity index (χ1n) is 6.80. The zero-order valence-corrected chi connectivity index (χ0v) is 11.3. The van der Waals surface area contributed by atoms with Crippen LogP contribution in [0.5, 0.6) is 0 Å². The van der Waals surface area contributed by atoms with Crippen LogP contribution >= 0.6 is 0 Å². The Morgan fingerprint density at radius 2 is 1.85 bits per heavy atom. The molecule has 2 aromatic rings. The molecule has 1 aromatic heterocycles. The summed E-state index contributed by atoms with van der Waals surface area (Å²) in [5.41, 5.74) is 2.16. The highest BCUT2D eigenvalue weighted by atomic mass is 19.1. The summed E-state index contributed by atoms with van der Waals surface area (Å²) in [5.74, 6) is 0.314. The number of hydrogen-bond acceptors (Lipinski definition) is 2. The Labute approximate surface area is 117 Å². The van der Waals surface area contributed by atoms with Crippen LogP contribution in [0.2, 0.25) is 0 Å². The van der Waals surface area contributed by atoms with Crippen molar-refractivity contribution in [3.05, 3.63) is 64.3 Å².